The number of amides is 1. The van der Waals surface area contributed by atoms with Gasteiger partial charge in [-0.15, -0.1) is 0 Å². The van der Waals surface area contributed by atoms with Gasteiger partial charge in [0, 0.05) is 36.2 Å². The van der Waals surface area contributed by atoms with Gasteiger partial charge in [-0.25, -0.2) is 13.1 Å². The minimum atomic E-state index is -3.67. The maximum atomic E-state index is 12.5. The first-order valence-corrected chi connectivity index (χ1v) is 8.80. The summed E-state index contributed by atoms with van der Waals surface area (Å²) >= 11 is 3.26. The normalized spacial score (nSPS) is 19.9. The minimum absolute atomic E-state index is 0.0355. The van der Waals surface area contributed by atoms with E-state index in [0.29, 0.717) is 35.1 Å². The number of benzene rings is 1. The molecule has 0 aliphatic carbocycles. The number of halogens is 1. The van der Waals surface area contributed by atoms with Crippen molar-refractivity contribution in [2.24, 2.45) is 0 Å². The summed E-state index contributed by atoms with van der Waals surface area (Å²) in [6.07, 6.45) is 0.855. The highest BCUT2D eigenvalue weighted by molar-refractivity contribution is 9.10. The summed E-state index contributed by atoms with van der Waals surface area (Å²) in [5.41, 5.74) is 6.75. The lowest BCUT2D eigenvalue weighted by Crippen LogP contribution is -2.48. The molecule has 1 fully saturated rings. The predicted octanol–water partition coefficient (Wildman–Crippen LogP) is 1.24. The Balaban J connectivity index is 2.25. The van der Waals surface area contributed by atoms with Crippen LogP contribution >= 0.6 is 15.9 Å². The van der Waals surface area contributed by atoms with Crippen LogP contribution in [0.4, 0.5) is 5.69 Å². The standard InChI is InChI=1S/C13H18BrN3O3S/c1-8-11(15)5-9(14)6-12(8)21(19,20)16-10-3-4-13(18)17(2)7-10/h5-6,10,16H,3-4,7,15H2,1-2H3. The highest BCUT2D eigenvalue weighted by Crippen LogP contribution is 2.26. The molecule has 1 aromatic carbocycles. The van der Waals surface area contributed by atoms with Crippen molar-refractivity contribution < 1.29 is 13.2 Å². The summed E-state index contributed by atoms with van der Waals surface area (Å²) in [6, 6.07) is 2.92. The number of sulfonamides is 1. The van der Waals surface area contributed by atoms with Gasteiger partial charge in [0.1, 0.15) is 0 Å². The van der Waals surface area contributed by atoms with E-state index >= 15 is 0 Å². The Labute approximate surface area is 132 Å². The summed E-state index contributed by atoms with van der Waals surface area (Å²) in [5.74, 6) is 0.0355. The van der Waals surface area contributed by atoms with Gasteiger partial charge in [-0.3, -0.25) is 4.79 Å². The van der Waals surface area contributed by atoms with Crippen molar-refractivity contribution in [1.82, 2.24) is 9.62 Å². The first-order valence-electron chi connectivity index (χ1n) is 6.52. The highest BCUT2D eigenvalue weighted by Gasteiger charge is 2.28. The predicted molar refractivity (Wildman–Crippen MR) is 84.3 cm³/mol. The number of anilines is 1. The minimum Gasteiger partial charge on any atom is -0.398 e. The van der Waals surface area contributed by atoms with Gasteiger partial charge >= 0.3 is 0 Å². The number of likely N-dealkylation sites (N-methyl/N-ethyl adjacent to an activating group) is 1. The second-order valence-corrected chi connectivity index (χ2v) is 7.85. The van der Waals surface area contributed by atoms with Gasteiger partial charge in [-0.05, 0) is 31.0 Å². The fraction of sp³-hybridized carbons (Fsp3) is 0.462. The molecule has 0 radical (unpaired) electrons. The molecular formula is C13H18BrN3O3S. The third-order valence-electron chi connectivity index (χ3n) is 3.60. The second kappa shape index (κ2) is 5.94. The Morgan fingerprint density at radius 3 is 2.71 bits per heavy atom. The fourth-order valence-electron chi connectivity index (χ4n) is 2.34. The van der Waals surface area contributed by atoms with Gasteiger partial charge in [0.15, 0.2) is 0 Å². The number of carbonyl (C=O) groups is 1. The number of nitrogen functional groups attached to an aromatic ring is 1. The lowest BCUT2D eigenvalue weighted by atomic mass is 10.1. The van der Waals surface area contributed by atoms with E-state index < -0.39 is 10.0 Å². The molecule has 3 N–H and O–H groups in total. The average molecular weight is 376 g/mol. The molecular weight excluding hydrogens is 358 g/mol. The third-order valence-corrected chi connectivity index (χ3v) is 5.71. The number of carbonyl (C=O) groups excluding carboxylic acids is 1. The van der Waals surface area contributed by atoms with Crippen LogP contribution in [0.1, 0.15) is 18.4 Å². The number of hydrogen-bond donors (Lipinski definition) is 2. The average Bonchev–Trinajstić information content (AvgIpc) is 2.37. The van der Waals surface area contributed by atoms with Crippen LogP contribution in [0.3, 0.4) is 0 Å². The second-order valence-electron chi connectivity index (χ2n) is 5.25. The van der Waals surface area contributed by atoms with E-state index in [0.717, 1.165) is 0 Å². The van der Waals surface area contributed by atoms with Gasteiger partial charge in [0.2, 0.25) is 15.9 Å². The summed E-state index contributed by atoms with van der Waals surface area (Å²) in [6.45, 7) is 2.05. The van der Waals surface area contributed by atoms with Crippen LogP contribution in [0.25, 0.3) is 0 Å². The molecule has 0 saturated carbocycles. The van der Waals surface area contributed by atoms with E-state index in [1.165, 1.54) is 6.07 Å². The van der Waals surface area contributed by atoms with E-state index in [1.54, 1.807) is 24.9 Å². The van der Waals surface area contributed by atoms with E-state index in [1.807, 2.05) is 0 Å². The van der Waals surface area contributed by atoms with Gasteiger partial charge in [0.05, 0.1) is 4.90 Å². The largest absolute Gasteiger partial charge is 0.398 e. The first-order chi connectivity index (χ1) is 9.70. The smallest absolute Gasteiger partial charge is 0.241 e. The number of nitrogens with zero attached hydrogens (tertiary/aromatic N) is 1. The van der Waals surface area contributed by atoms with Crippen molar-refractivity contribution >= 4 is 37.5 Å². The van der Waals surface area contributed by atoms with Crippen molar-refractivity contribution in [2.75, 3.05) is 19.3 Å². The first kappa shape index (κ1) is 16.3. The highest BCUT2D eigenvalue weighted by atomic mass is 79.9. The number of likely N-dealkylation sites (tertiary alicyclic amines) is 1. The molecule has 0 spiro atoms. The fourth-order valence-corrected chi connectivity index (χ4v) is 4.53. The lowest BCUT2D eigenvalue weighted by molar-refractivity contribution is -0.132. The maximum absolute atomic E-state index is 12.5. The van der Waals surface area contributed by atoms with Crippen LogP contribution in [0.2, 0.25) is 0 Å². The van der Waals surface area contributed by atoms with Gasteiger partial charge in [-0.1, -0.05) is 15.9 Å². The van der Waals surface area contributed by atoms with Gasteiger partial charge in [-0.2, -0.15) is 0 Å². The summed E-state index contributed by atoms with van der Waals surface area (Å²) in [7, 11) is -2.00. The molecule has 2 rings (SSSR count). The van der Waals surface area contributed by atoms with Crippen LogP contribution in [-0.4, -0.2) is 38.9 Å². The summed E-state index contributed by atoms with van der Waals surface area (Å²) in [5, 5.41) is 0. The van der Waals surface area contributed by atoms with Crippen LogP contribution in [0, 0.1) is 6.92 Å². The Hall–Kier alpha value is -1.12. The van der Waals surface area contributed by atoms with Crippen molar-refractivity contribution in [3.63, 3.8) is 0 Å². The molecule has 0 aromatic heterocycles. The number of nitrogens with one attached hydrogen (secondary N) is 1. The van der Waals surface area contributed by atoms with Crippen LogP contribution in [0.15, 0.2) is 21.5 Å². The third kappa shape index (κ3) is 3.56. The zero-order valence-electron chi connectivity index (χ0n) is 11.9. The maximum Gasteiger partial charge on any atom is 0.241 e. The van der Waals surface area contributed by atoms with Crippen molar-refractivity contribution in [3.05, 3.63) is 22.2 Å². The van der Waals surface area contributed by atoms with Crippen LogP contribution < -0.4 is 10.5 Å². The van der Waals surface area contributed by atoms with E-state index in [9.17, 15) is 13.2 Å². The molecule has 8 heteroatoms. The van der Waals surface area contributed by atoms with Gasteiger partial charge in [0.25, 0.3) is 0 Å². The lowest BCUT2D eigenvalue weighted by Gasteiger charge is -2.30. The number of hydrogen-bond acceptors (Lipinski definition) is 4. The molecule has 1 aliphatic heterocycles. The molecule has 1 amide bonds. The van der Waals surface area contributed by atoms with Gasteiger partial charge < -0.3 is 10.6 Å². The van der Waals surface area contributed by atoms with Crippen LogP contribution in [0.5, 0.6) is 0 Å². The van der Waals surface area contributed by atoms with E-state index in [-0.39, 0.29) is 16.8 Å². The summed E-state index contributed by atoms with van der Waals surface area (Å²) in [4.78, 5) is 13.1. The van der Waals surface area contributed by atoms with E-state index in [2.05, 4.69) is 20.7 Å². The molecule has 1 saturated heterocycles. The van der Waals surface area contributed by atoms with E-state index in [4.69, 9.17) is 5.73 Å². The Kier molecular flexibility index (Phi) is 4.60. The molecule has 1 unspecified atom stereocenters. The molecule has 1 atom stereocenters. The molecule has 1 aromatic rings. The number of rotatable bonds is 3. The van der Waals surface area contributed by atoms with Crippen molar-refractivity contribution in [3.8, 4) is 0 Å². The topological polar surface area (TPSA) is 92.5 Å². The molecule has 1 aliphatic rings. The zero-order valence-corrected chi connectivity index (χ0v) is 14.3. The van der Waals surface area contributed by atoms with Crippen molar-refractivity contribution in [1.29, 1.82) is 0 Å². The quantitative estimate of drug-likeness (QED) is 0.777. The summed E-state index contributed by atoms with van der Waals surface area (Å²) < 4.78 is 28.3. The molecule has 0 bridgehead atoms. The molecule has 6 nitrogen and oxygen atoms in total. The number of piperidine rings is 1. The molecule has 1 heterocycles. The van der Waals surface area contributed by atoms with Crippen LogP contribution in [-0.2, 0) is 14.8 Å². The molecule has 116 valence electrons. The number of nitrogens with two attached hydrogens (primary N) is 1. The van der Waals surface area contributed by atoms with Crippen molar-refractivity contribution in [2.45, 2.75) is 30.7 Å². The molecule has 21 heavy (non-hydrogen) atoms. The zero-order chi connectivity index (χ0) is 15.8. The Bertz CT molecular complexity index is 675. The Morgan fingerprint density at radius 1 is 1.43 bits per heavy atom. The monoisotopic (exact) mass is 375 g/mol. The SMILES string of the molecule is Cc1c(N)cc(Br)cc1S(=O)(=O)NC1CCC(=O)N(C)C1. The Morgan fingerprint density at radius 2 is 2.10 bits per heavy atom.